The number of rotatable bonds is 5. The van der Waals surface area contributed by atoms with Crippen molar-refractivity contribution in [2.24, 2.45) is 0 Å². The highest BCUT2D eigenvalue weighted by atomic mass is 32.1. The monoisotopic (exact) mass is 409 g/mol. The molecule has 0 amide bonds. The van der Waals surface area contributed by atoms with Gasteiger partial charge in [0.15, 0.2) is 5.82 Å². The molecule has 1 aliphatic heterocycles. The van der Waals surface area contributed by atoms with Gasteiger partial charge in [-0.3, -0.25) is 5.32 Å². The minimum atomic E-state index is -0.845. The second kappa shape index (κ2) is 7.55. The summed E-state index contributed by atoms with van der Waals surface area (Å²) < 4.78 is 15.2. The minimum absolute atomic E-state index is 0.137. The second-order valence-electron chi connectivity index (χ2n) is 7.14. The number of hydrogen-bond acceptors (Lipinski definition) is 6. The van der Waals surface area contributed by atoms with Crippen LogP contribution in [-0.2, 0) is 0 Å². The first-order valence-corrected chi connectivity index (χ1v) is 10.4. The fraction of sp³-hybridized carbons (Fsp3) is 0.238. The van der Waals surface area contributed by atoms with Crippen LogP contribution in [0.3, 0.4) is 0 Å². The predicted octanol–water partition coefficient (Wildman–Crippen LogP) is 3.46. The Bertz CT molecular complexity index is 1130. The first kappa shape index (κ1) is 18.2. The maximum Gasteiger partial charge on any atom is 0.152 e. The van der Waals surface area contributed by atoms with E-state index in [0.29, 0.717) is 5.69 Å². The van der Waals surface area contributed by atoms with E-state index in [1.54, 1.807) is 12.1 Å². The molecule has 4 heterocycles. The number of aliphatic hydroxyl groups is 1. The van der Waals surface area contributed by atoms with Crippen molar-refractivity contribution in [2.75, 3.05) is 18.0 Å². The lowest BCUT2D eigenvalue weighted by atomic mass is 10.2. The lowest BCUT2D eigenvalue weighted by Crippen LogP contribution is -2.35. The number of fused-ring (bicyclic) bond motifs is 1. The normalized spacial score (nSPS) is 17.9. The van der Waals surface area contributed by atoms with Crippen LogP contribution in [0, 0.1) is 5.82 Å². The number of halogens is 1. The Hall–Kier alpha value is -2.81. The zero-order chi connectivity index (χ0) is 19.8. The number of aliphatic hydroxyl groups excluding tert-OH is 1. The molecule has 0 radical (unpaired) electrons. The van der Waals surface area contributed by atoms with Crippen LogP contribution < -0.4 is 10.2 Å². The fourth-order valence-corrected chi connectivity index (χ4v) is 4.58. The Labute approximate surface area is 171 Å². The number of nitrogens with one attached hydrogen (secondary N) is 1. The van der Waals surface area contributed by atoms with Crippen molar-refractivity contribution in [1.82, 2.24) is 19.7 Å². The smallest absolute Gasteiger partial charge is 0.152 e. The summed E-state index contributed by atoms with van der Waals surface area (Å²) >= 11 is 1.44. The van der Waals surface area contributed by atoms with E-state index in [4.69, 9.17) is 0 Å². The topological polar surface area (TPSA) is 65.7 Å². The summed E-state index contributed by atoms with van der Waals surface area (Å²) in [6.45, 7) is 1.64. The van der Waals surface area contributed by atoms with Gasteiger partial charge in [-0.1, -0.05) is 0 Å². The average molecular weight is 409 g/mol. The van der Waals surface area contributed by atoms with E-state index in [2.05, 4.69) is 30.7 Å². The molecule has 8 heteroatoms. The van der Waals surface area contributed by atoms with Gasteiger partial charge in [0.2, 0.25) is 0 Å². The van der Waals surface area contributed by atoms with Crippen LogP contribution in [0.5, 0.6) is 0 Å². The van der Waals surface area contributed by atoms with Gasteiger partial charge in [-0.15, -0.1) is 11.3 Å². The molecule has 1 unspecified atom stereocenters. The quantitative estimate of drug-likeness (QED) is 0.494. The number of nitrogens with zero attached hydrogens (tertiary/aromatic N) is 4. The Morgan fingerprint density at radius 1 is 1.21 bits per heavy atom. The lowest BCUT2D eigenvalue weighted by molar-refractivity contribution is 0.122. The van der Waals surface area contributed by atoms with Crippen molar-refractivity contribution in [2.45, 2.75) is 18.7 Å². The molecule has 0 saturated carbocycles. The highest BCUT2D eigenvalue weighted by Crippen LogP contribution is 2.27. The van der Waals surface area contributed by atoms with Gasteiger partial charge in [0, 0.05) is 48.7 Å². The number of hydrogen-bond donors (Lipinski definition) is 2. The summed E-state index contributed by atoms with van der Waals surface area (Å²) in [5, 5.41) is 16.5. The third-order valence-electron chi connectivity index (χ3n) is 5.21. The van der Waals surface area contributed by atoms with E-state index >= 15 is 0 Å². The summed E-state index contributed by atoms with van der Waals surface area (Å²) in [5.74, 6) is 0.687. The van der Waals surface area contributed by atoms with Gasteiger partial charge in [-0.2, -0.15) is 0 Å². The van der Waals surface area contributed by atoms with Crippen molar-refractivity contribution >= 4 is 22.7 Å². The summed E-state index contributed by atoms with van der Waals surface area (Å²) in [6.07, 6.45) is 5.83. The summed E-state index contributed by atoms with van der Waals surface area (Å²) in [5.41, 5.74) is 2.50. The van der Waals surface area contributed by atoms with Crippen molar-refractivity contribution in [3.05, 3.63) is 71.9 Å². The van der Waals surface area contributed by atoms with Gasteiger partial charge in [0.1, 0.15) is 17.1 Å². The van der Waals surface area contributed by atoms with Crippen molar-refractivity contribution in [3.8, 4) is 10.6 Å². The maximum absolute atomic E-state index is 13.1. The molecule has 29 heavy (non-hydrogen) atoms. The fourth-order valence-electron chi connectivity index (χ4n) is 3.73. The third-order valence-corrected chi connectivity index (χ3v) is 6.12. The van der Waals surface area contributed by atoms with Crippen LogP contribution in [0.25, 0.3) is 16.1 Å². The zero-order valence-electron chi connectivity index (χ0n) is 15.6. The molecule has 2 N–H and O–H groups in total. The Balaban J connectivity index is 1.25. The molecule has 0 spiro atoms. The van der Waals surface area contributed by atoms with Crippen molar-refractivity contribution < 1.29 is 9.50 Å². The van der Waals surface area contributed by atoms with Crippen LogP contribution >= 0.6 is 11.3 Å². The van der Waals surface area contributed by atoms with Crippen LogP contribution in [0.4, 0.5) is 10.2 Å². The van der Waals surface area contributed by atoms with Crippen molar-refractivity contribution in [3.63, 3.8) is 0 Å². The molecule has 5 rings (SSSR count). The molecule has 0 bridgehead atoms. The van der Waals surface area contributed by atoms with Crippen LogP contribution in [0.2, 0.25) is 0 Å². The van der Waals surface area contributed by atoms with E-state index in [1.165, 1.54) is 23.5 Å². The number of benzene rings is 1. The van der Waals surface area contributed by atoms with Crippen LogP contribution in [-0.4, -0.2) is 38.6 Å². The Morgan fingerprint density at radius 2 is 2.07 bits per heavy atom. The highest BCUT2D eigenvalue weighted by molar-refractivity contribution is 7.13. The minimum Gasteiger partial charge on any atom is -0.373 e. The SMILES string of the molecule is OC(N[C@H]1CCN(c2nccn3cccc23)C1)c1csc(-c2ccc(F)cc2)n1. The van der Waals surface area contributed by atoms with E-state index in [-0.39, 0.29) is 11.9 Å². The standard InChI is InChI=1S/C21H20FN5OS/c22-15-5-3-14(4-6-15)21-25-17(13-29-21)20(28)24-16-7-10-27(12-16)19-18-2-1-9-26(18)11-8-23-19/h1-6,8-9,11,13,16,20,24,28H,7,10,12H2/t16-,20?/m0/s1. The van der Waals surface area contributed by atoms with Gasteiger partial charge in [-0.05, 0) is 42.8 Å². The van der Waals surface area contributed by atoms with Crippen LogP contribution in [0.15, 0.2) is 60.4 Å². The van der Waals surface area contributed by atoms with Gasteiger partial charge < -0.3 is 14.4 Å². The van der Waals surface area contributed by atoms with E-state index in [9.17, 15) is 9.50 Å². The molecule has 1 aliphatic rings. The lowest BCUT2D eigenvalue weighted by Gasteiger charge is -2.20. The molecule has 148 valence electrons. The molecule has 0 aliphatic carbocycles. The Kier molecular flexibility index (Phi) is 4.75. The van der Waals surface area contributed by atoms with E-state index < -0.39 is 6.23 Å². The predicted molar refractivity (Wildman–Crippen MR) is 111 cm³/mol. The maximum atomic E-state index is 13.1. The van der Waals surface area contributed by atoms with E-state index in [1.807, 2.05) is 30.0 Å². The van der Waals surface area contributed by atoms with Crippen LogP contribution in [0.1, 0.15) is 18.3 Å². The third kappa shape index (κ3) is 3.62. The van der Waals surface area contributed by atoms with Crippen molar-refractivity contribution in [1.29, 1.82) is 0 Å². The zero-order valence-corrected chi connectivity index (χ0v) is 16.4. The summed E-state index contributed by atoms with van der Waals surface area (Å²) in [6, 6.07) is 10.4. The molecular weight excluding hydrogens is 389 g/mol. The van der Waals surface area contributed by atoms with Gasteiger partial charge >= 0.3 is 0 Å². The largest absolute Gasteiger partial charge is 0.373 e. The molecule has 1 saturated heterocycles. The van der Waals surface area contributed by atoms with E-state index in [0.717, 1.165) is 41.4 Å². The van der Waals surface area contributed by atoms with Gasteiger partial charge in [-0.25, -0.2) is 14.4 Å². The first-order chi connectivity index (χ1) is 14.2. The number of aromatic nitrogens is 3. The number of anilines is 1. The molecule has 4 aromatic rings. The molecule has 6 nitrogen and oxygen atoms in total. The highest BCUT2D eigenvalue weighted by Gasteiger charge is 2.27. The second-order valence-corrected chi connectivity index (χ2v) is 7.99. The van der Waals surface area contributed by atoms with Gasteiger partial charge in [0.05, 0.1) is 11.2 Å². The number of thiazole rings is 1. The Morgan fingerprint density at radius 3 is 2.93 bits per heavy atom. The summed E-state index contributed by atoms with van der Waals surface area (Å²) in [7, 11) is 0. The molecule has 1 aromatic carbocycles. The molecule has 2 atom stereocenters. The summed E-state index contributed by atoms with van der Waals surface area (Å²) in [4.78, 5) is 11.3. The molecular formula is C21H20FN5OS. The van der Waals surface area contributed by atoms with Gasteiger partial charge in [0.25, 0.3) is 0 Å². The molecule has 3 aromatic heterocycles. The molecule has 1 fully saturated rings. The first-order valence-electron chi connectivity index (χ1n) is 9.49. The average Bonchev–Trinajstić information content (AvgIpc) is 3.48.